The quantitative estimate of drug-likeness (QED) is 0.476. The largest absolute Gasteiger partial charge is 0.465 e. The number of carbonyl (C=O) groups is 1. The maximum Gasteiger partial charge on any atom is 0.338 e. The number of ether oxygens (including phenoxy) is 1. The molecule has 0 spiro atoms. The van der Waals surface area contributed by atoms with E-state index in [1.807, 2.05) is 19.0 Å². The first kappa shape index (κ1) is 14.9. The van der Waals surface area contributed by atoms with Gasteiger partial charge in [0.15, 0.2) is 0 Å². The zero-order valence-electron chi connectivity index (χ0n) is 11.2. The van der Waals surface area contributed by atoms with Gasteiger partial charge in [-0.2, -0.15) is 0 Å². The highest BCUT2D eigenvalue weighted by Crippen LogP contribution is 2.25. The normalized spacial score (nSPS) is 10.3. The Bertz CT molecular complexity index is 474. The second-order valence-corrected chi connectivity index (χ2v) is 4.21. The first-order chi connectivity index (χ1) is 8.95. The number of likely N-dealkylation sites (N-methyl/N-ethyl adjacent to an activating group) is 1. The van der Waals surface area contributed by atoms with Crippen molar-refractivity contribution in [3.63, 3.8) is 0 Å². The summed E-state index contributed by atoms with van der Waals surface area (Å²) in [5, 5.41) is 14.0. The average Bonchev–Trinajstić information content (AvgIpc) is 2.37. The van der Waals surface area contributed by atoms with Gasteiger partial charge in [0.1, 0.15) is 5.69 Å². The molecule has 0 aromatic heterocycles. The van der Waals surface area contributed by atoms with Crippen LogP contribution < -0.4 is 5.32 Å². The molecule has 1 rings (SSSR count). The van der Waals surface area contributed by atoms with Crippen LogP contribution in [0, 0.1) is 10.1 Å². The first-order valence-corrected chi connectivity index (χ1v) is 5.71. The predicted octanol–water partition coefficient (Wildman–Crippen LogP) is 1.35. The molecule has 0 fully saturated rings. The van der Waals surface area contributed by atoms with Crippen LogP contribution in [0.1, 0.15) is 10.4 Å². The smallest absolute Gasteiger partial charge is 0.338 e. The molecule has 7 nitrogen and oxygen atoms in total. The number of hydrogen-bond donors (Lipinski definition) is 1. The Morgan fingerprint density at radius 2 is 2.16 bits per heavy atom. The molecular weight excluding hydrogens is 250 g/mol. The lowest BCUT2D eigenvalue weighted by Crippen LogP contribution is -2.21. The van der Waals surface area contributed by atoms with E-state index in [-0.39, 0.29) is 11.3 Å². The number of carbonyl (C=O) groups excluding carboxylic acids is 1. The maximum atomic E-state index is 11.3. The molecule has 7 heteroatoms. The van der Waals surface area contributed by atoms with Gasteiger partial charge in [-0.3, -0.25) is 10.1 Å². The van der Waals surface area contributed by atoms with Crippen molar-refractivity contribution in [2.45, 2.75) is 0 Å². The zero-order valence-corrected chi connectivity index (χ0v) is 11.2. The minimum atomic E-state index is -0.594. The molecule has 0 atom stereocenters. The highest BCUT2D eigenvalue weighted by Gasteiger charge is 2.17. The van der Waals surface area contributed by atoms with E-state index in [1.54, 1.807) is 0 Å². The number of nitrogens with one attached hydrogen (secondary N) is 1. The number of hydrogen-bond acceptors (Lipinski definition) is 6. The molecule has 0 aliphatic heterocycles. The summed E-state index contributed by atoms with van der Waals surface area (Å²) in [6.07, 6.45) is 0. The van der Waals surface area contributed by atoms with Crippen LogP contribution >= 0.6 is 0 Å². The molecule has 0 aliphatic carbocycles. The third-order valence-corrected chi connectivity index (χ3v) is 2.49. The molecule has 1 aromatic rings. The van der Waals surface area contributed by atoms with E-state index in [1.165, 1.54) is 25.3 Å². The SMILES string of the molecule is COC(=O)c1ccc(NCCN(C)C)c([N+](=O)[O-])c1. The van der Waals surface area contributed by atoms with Gasteiger partial charge < -0.3 is 15.0 Å². The van der Waals surface area contributed by atoms with Crippen LogP contribution in [-0.4, -0.2) is 50.1 Å². The number of benzene rings is 1. The summed E-state index contributed by atoms with van der Waals surface area (Å²) < 4.78 is 4.53. The van der Waals surface area contributed by atoms with Gasteiger partial charge in [0.05, 0.1) is 17.6 Å². The molecule has 0 radical (unpaired) electrons. The maximum absolute atomic E-state index is 11.3. The first-order valence-electron chi connectivity index (χ1n) is 5.71. The Morgan fingerprint density at radius 1 is 1.47 bits per heavy atom. The summed E-state index contributed by atoms with van der Waals surface area (Å²) in [6, 6.07) is 4.22. The van der Waals surface area contributed by atoms with E-state index in [4.69, 9.17) is 0 Å². The zero-order chi connectivity index (χ0) is 14.4. The summed E-state index contributed by atoms with van der Waals surface area (Å²) in [4.78, 5) is 23.8. The van der Waals surface area contributed by atoms with E-state index in [9.17, 15) is 14.9 Å². The molecular formula is C12H17N3O4. The molecule has 1 aromatic carbocycles. The fraction of sp³-hybridized carbons (Fsp3) is 0.417. The average molecular weight is 267 g/mol. The second-order valence-electron chi connectivity index (χ2n) is 4.21. The molecule has 0 saturated carbocycles. The van der Waals surface area contributed by atoms with Crippen molar-refractivity contribution in [2.24, 2.45) is 0 Å². The van der Waals surface area contributed by atoms with E-state index in [0.717, 1.165) is 6.54 Å². The third-order valence-electron chi connectivity index (χ3n) is 2.49. The van der Waals surface area contributed by atoms with E-state index in [2.05, 4.69) is 10.1 Å². The van der Waals surface area contributed by atoms with Crippen molar-refractivity contribution in [3.8, 4) is 0 Å². The van der Waals surface area contributed by atoms with Crippen LogP contribution in [0.2, 0.25) is 0 Å². The Labute approximate surface area is 111 Å². The second kappa shape index (κ2) is 6.69. The predicted molar refractivity (Wildman–Crippen MR) is 71.5 cm³/mol. The van der Waals surface area contributed by atoms with Crippen molar-refractivity contribution in [1.29, 1.82) is 0 Å². The molecule has 0 unspecified atom stereocenters. The number of methoxy groups -OCH3 is 1. The molecule has 0 saturated heterocycles. The van der Waals surface area contributed by atoms with Crippen LogP contribution in [0.5, 0.6) is 0 Å². The van der Waals surface area contributed by atoms with Gasteiger partial charge in [-0.25, -0.2) is 4.79 Å². The highest BCUT2D eigenvalue weighted by molar-refractivity contribution is 5.91. The van der Waals surface area contributed by atoms with Crippen molar-refractivity contribution in [3.05, 3.63) is 33.9 Å². The lowest BCUT2D eigenvalue weighted by Gasteiger charge is -2.11. The molecule has 0 amide bonds. The number of anilines is 1. The Morgan fingerprint density at radius 3 is 2.68 bits per heavy atom. The van der Waals surface area contributed by atoms with Gasteiger partial charge >= 0.3 is 5.97 Å². The van der Waals surface area contributed by atoms with Gasteiger partial charge in [-0.15, -0.1) is 0 Å². The van der Waals surface area contributed by atoms with E-state index >= 15 is 0 Å². The Balaban J connectivity index is 2.92. The number of nitro groups is 1. The molecule has 0 bridgehead atoms. The van der Waals surface area contributed by atoms with Crippen molar-refractivity contribution in [2.75, 3.05) is 39.6 Å². The summed E-state index contributed by atoms with van der Waals surface area (Å²) in [6.45, 7) is 1.32. The van der Waals surface area contributed by atoms with Gasteiger partial charge in [-0.05, 0) is 26.2 Å². The molecule has 104 valence electrons. The lowest BCUT2D eigenvalue weighted by atomic mass is 10.1. The van der Waals surface area contributed by atoms with Crippen LogP contribution in [0.15, 0.2) is 18.2 Å². The third kappa shape index (κ3) is 4.22. The summed E-state index contributed by atoms with van der Waals surface area (Å²) in [5.74, 6) is -0.594. The van der Waals surface area contributed by atoms with Crippen molar-refractivity contribution >= 4 is 17.3 Å². The van der Waals surface area contributed by atoms with Crippen LogP contribution in [0.4, 0.5) is 11.4 Å². The number of esters is 1. The minimum absolute atomic E-state index is 0.137. The number of nitro benzene ring substituents is 1. The van der Waals surface area contributed by atoms with Crippen LogP contribution in [0.3, 0.4) is 0 Å². The standard InChI is InChI=1S/C12H17N3O4/c1-14(2)7-6-13-10-5-4-9(12(16)19-3)8-11(10)15(17)18/h4-5,8,13H,6-7H2,1-3H3. The summed E-state index contributed by atoms with van der Waals surface area (Å²) in [7, 11) is 5.06. The number of nitrogens with zero attached hydrogens (tertiary/aromatic N) is 2. The minimum Gasteiger partial charge on any atom is -0.465 e. The van der Waals surface area contributed by atoms with Gasteiger partial charge in [-0.1, -0.05) is 0 Å². The fourth-order valence-corrected chi connectivity index (χ4v) is 1.49. The lowest BCUT2D eigenvalue weighted by molar-refractivity contribution is -0.384. The van der Waals surface area contributed by atoms with Gasteiger partial charge in [0.25, 0.3) is 5.69 Å². The van der Waals surface area contributed by atoms with Crippen LogP contribution in [0.25, 0.3) is 0 Å². The van der Waals surface area contributed by atoms with Gasteiger partial charge in [0.2, 0.25) is 0 Å². The van der Waals surface area contributed by atoms with E-state index in [0.29, 0.717) is 12.2 Å². The Kier molecular flexibility index (Phi) is 5.25. The highest BCUT2D eigenvalue weighted by atomic mass is 16.6. The van der Waals surface area contributed by atoms with Crippen molar-refractivity contribution in [1.82, 2.24) is 4.90 Å². The fourth-order valence-electron chi connectivity index (χ4n) is 1.49. The van der Waals surface area contributed by atoms with Crippen LogP contribution in [-0.2, 0) is 4.74 Å². The molecule has 1 N–H and O–H groups in total. The van der Waals surface area contributed by atoms with Gasteiger partial charge in [0, 0.05) is 19.2 Å². The molecule has 0 heterocycles. The Hall–Kier alpha value is -2.15. The summed E-state index contributed by atoms with van der Waals surface area (Å²) >= 11 is 0. The number of rotatable bonds is 6. The molecule has 19 heavy (non-hydrogen) atoms. The summed E-state index contributed by atoms with van der Waals surface area (Å²) in [5.41, 5.74) is 0.411. The van der Waals surface area contributed by atoms with E-state index < -0.39 is 10.9 Å². The van der Waals surface area contributed by atoms with Crippen molar-refractivity contribution < 1.29 is 14.5 Å². The molecule has 0 aliphatic rings. The monoisotopic (exact) mass is 267 g/mol. The topological polar surface area (TPSA) is 84.7 Å².